The van der Waals surface area contributed by atoms with E-state index in [-0.39, 0.29) is 31.2 Å². The van der Waals surface area contributed by atoms with Crippen molar-refractivity contribution in [2.24, 2.45) is 0 Å². The molecule has 0 rings (SSSR count). The minimum Gasteiger partial charge on any atom is -0.481 e. The van der Waals surface area contributed by atoms with Crippen LogP contribution in [0.3, 0.4) is 0 Å². The van der Waals surface area contributed by atoms with Crippen molar-refractivity contribution in [3.63, 3.8) is 0 Å². The van der Waals surface area contributed by atoms with E-state index in [0.29, 0.717) is 39.3 Å². The van der Waals surface area contributed by atoms with Crippen molar-refractivity contribution in [3.05, 3.63) is 0 Å². The second-order valence-electron chi connectivity index (χ2n) is 13.1. The van der Waals surface area contributed by atoms with Crippen molar-refractivity contribution >= 4 is 17.9 Å². The molecule has 0 aliphatic heterocycles. The molecule has 45 heavy (non-hydrogen) atoms. The summed E-state index contributed by atoms with van der Waals surface area (Å²) in [5.74, 6) is -1.29. The van der Waals surface area contributed by atoms with E-state index < -0.39 is 5.97 Å². The number of aliphatic carboxylic acids is 1. The molecule has 0 spiro atoms. The molecule has 0 fully saturated rings. The van der Waals surface area contributed by atoms with E-state index in [2.05, 4.69) is 13.8 Å². The molecule has 7 nitrogen and oxygen atoms in total. The van der Waals surface area contributed by atoms with Crippen LogP contribution in [0.5, 0.6) is 0 Å². The second-order valence-corrected chi connectivity index (χ2v) is 13.1. The molecular weight excluding hydrogens is 566 g/mol. The van der Waals surface area contributed by atoms with Crippen LogP contribution in [0.15, 0.2) is 0 Å². The lowest BCUT2D eigenvalue weighted by Crippen LogP contribution is -2.31. The lowest BCUT2D eigenvalue weighted by Gasteiger charge is -2.21. The first-order valence-corrected chi connectivity index (χ1v) is 19.2. The summed E-state index contributed by atoms with van der Waals surface area (Å²) in [4.78, 5) is 37.5. The van der Waals surface area contributed by atoms with Gasteiger partial charge < -0.3 is 19.5 Å². The third-order valence-electron chi connectivity index (χ3n) is 8.65. The number of nitrogens with zero attached hydrogens (tertiary/aromatic N) is 1. The van der Waals surface area contributed by atoms with Gasteiger partial charge in [0.25, 0.3) is 0 Å². The number of carbonyl (C=O) groups excluding carboxylic acids is 2. The van der Waals surface area contributed by atoms with Crippen LogP contribution >= 0.6 is 0 Å². The molecule has 0 radical (unpaired) electrons. The molecule has 0 aromatic heterocycles. The molecule has 0 saturated carbocycles. The minimum absolute atomic E-state index is 0.0727. The van der Waals surface area contributed by atoms with Gasteiger partial charge in [0, 0.05) is 19.5 Å². The molecule has 0 unspecified atom stereocenters. The zero-order chi connectivity index (χ0) is 33.1. The van der Waals surface area contributed by atoms with Gasteiger partial charge in [-0.2, -0.15) is 0 Å². The van der Waals surface area contributed by atoms with Crippen molar-refractivity contribution in [2.75, 3.05) is 32.8 Å². The Morgan fingerprint density at radius 1 is 0.422 bits per heavy atom. The van der Waals surface area contributed by atoms with Gasteiger partial charge in [-0.25, -0.2) is 0 Å². The number of hydrogen-bond acceptors (Lipinski definition) is 6. The Kier molecular flexibility index (Phi) is 34.0. The molecule has 0 amide bonds. The van der Waals surface area contributed by atoms with Crippen LogP contribution in [0.25, 0.3) is 0 Å². The Morgan fingerprint density at radius 3 is 1.04 bits per heavy atom. The summed E-state index contributed by atoms with van der Waals surface area (Å²) in [5.41, 5.74) is 0. The molecule has 0 heterocycles. The van der Waals surface area contributed by atoms with Crippen LogP contribution in [0.2, 0.25) is 0 Å². The lowest BCUT2D eigenvalue weighted by molar-refractivity contribution is -0.144. The van der Waals surface area contributed by atoms with Gasteiger partial charge in [-0.3, -0.25) is 14.4 Å². The highest BCUT2D eigenvalue weighted by Gasteiger charge is 2.13. The van der Waals surface area contributed by atoms with E-state index >= 15 is 0 Å². The molecule has 0 saturated heterocycles. The maximum Gasteiger partial charge on any atom is 0.307 e. The average molecular weight is 640 g/mol. The number of carboxylic acids is 1. The predicted octanol–water partition coefficient (Wildman–Crippen LogP) is 10.4. The Morgan fingerprint density at radius 2 is 0.733 bits per heavy atom. The van der Waals surface area contributed by atoms with Gasteiger partial charge in [-0.15, -0.1) is 0 Å². The lowest BCUT2D eigenvalue weighted by atomic mass is 10.1. The summed E-state index contributed by atoms with van der Waals surface area (Å²) in [6.07, 6.45) is 31.5. The highest BCUT2D eigenvalue weighted by Crippen LogP contribution is 2.13. The third kappa shape index (κ3) is 35.1. The van der Waals surface area contributed by atoms with E-state index in [0.717, 1.165) is 25.7 Å². The summed E-state index contributed by atoms with van der Waals surface area (Å²) >= 11 is 0. The number of rotatable bonds is 36. The number of hydrogen-bond donors (Lipinski definition) is 1. The Labute approximate surface area is 278 Å². The monoisotopic (exact) mass is 640 g/mol. The van der Waals surface area contributed by atoms with Gasteiger partial charge >= 0.3 is 17.9 Å². The van der Waals surface area contributed by atoms with Crippen molar-refractivity contribution in [1.82, 2.24) is 4.90 Å². The smallest absolute Gasteiger partial charge is 0.307 e. The van der Waals surface area contributed by atoms with Crippen molar-refractivity contribution in [2.45, 2.75) is 194 Å². The predicted molar refractivity (Wildman–Crippen MR) is 187 cm³/mol. The molecule has 0 aliphatic rings. The summed E-state index contributed by atoms with van der Waals surface area (Å²) in [5, 5.41) is 8.99. The van der Waals surface area contributed by atoms with Crippen molar-refractivity contribution in [3.8, 4) is 0 Å². The Bertz CT molecular complexity index is 625. The molecule has 0 aliphatic carbocycles. The first-order chi connectivity index (χ1) is 22.0. The van der Waals surface area contributed by atoms with E-state index in [1.807, 2.05) is 4.90 Å². The fraction of sp³-hybridized carbons (Fsp3) is 0.921. The summed E-state index contributed by atoms with van der Waals surface area (Å²) < 4.78 is 10.9. The molecule has 0 aromatic carbocycles. The third-order valence-corrected chi connectivity index (χ3v) is 8.65. The van der Waals surface area contributed by atoms with Gasteiger partial charge in [0.1, 0.15) is 0 Å². The van der Waals surface area contributed by atoms with Crippen LogP contribution in [0, 0.1) is 0 Å². The maximum absolute atomic E-state index is 12.3. The molecule has 0 aromatic rings. The number of carbonyl (C=O) groups is 3. The van der Waals surface area contributed by atoms with E-state index in [1.165, 1.54) is 128 Å². The SMILES string of the molecule is CCCCCCCCCCCCCCOC(=O)CCN(CCCC(=O)O)CCC(=O)OCCCCCCCCCCCCCC. The van der Waals surface area contributed by atoms with Gasteiger partial charge in [-0.1, -0.05) is 155 Å². The highest BCUT2D eigenvalue weighted by molar-refractivity contribution is 5.70. The zero-order valence-electron chi connectivity index (χ0n) is 29.8. The van der Waals surface area contributed by atoms with Crippen molar-refractivity contribution in [1.29, 1.82) is 0 Å². The largest absolute Gasteiger partial charge is 0.481 e. The molecule has 1 N–H and O–H groups in total. The van der Waals surface area contributed by atoms with Gasteiger partial charge in [0.15, 0.2) is 0 Å². The van der Waals surface area contributed by atoms with Gasteiger partial charge in [0.2, 0.25) is 0 Å². The average Bonchev–Trinajstić information content (AvgIpc) is 3.02. The van der Waals surface area contributed by atoms with Crippen LogP contribution in [-0.2, 0) is 23.9 Å². The molecule has 7 heteroatoms. The summed E-state index contributed by atoms with van der Waals surface area (Å²) in [7, 11) is 0. The molecule has 0 bridgehead atoms. The van der Waals surface area contributed by atoms with Gasteiger partial charge in [0.05, 0.1) is 26.1 Å². The second kappa shape index (κ2) is 35.2. The summed E-state index contributed by atoms with van der Waals surface area (Å²) in [6.45, 7) is 6.88. The highest BCUT2D eigenvalue weighted by atomic mass is 16.5. The number of esters is 2. The fourth-order valence-electron chi connectivity index (χ4n) is 5.69. The minimum atomic E-state index is -0.835. The van der Waals surface area contributed by atoms with E-state index in [1.54, 1.807) is 0 Å². The zero-order valence-corrected chi connectivity index (χ0v) is 29.8. The number of unbranched alkanes of at least 4 members (excludes halogenated alkanes) is 22. The Balaban J connectivity index is 3.89. The van der Waals surface area contributed by atoms with E-state index in [4.69, 9.17) is 14.6 Å². The first-order valence-electron chi connectivity index (χ1n) is 19.2. The maximum atomic E-state index is 12.3. The van der Waals surface area contributed by atoms with E-state index in [9.17, 15) is 14.4 Å². The van der Waals surface area contributed by atoms with Crippen LogP contribution in [0.4, 0.5) is 0 Å². The quantitative estimate of drug-likeness (QED) is 0.0538. The Hall–Kier alpha value is -1.63. The van der Waals surface area contributed by atoms with Gasteiger partial charge in [-0.05, 0) is 25.8 Å². The first kappa shape index (κ1) is 43.4. The molecular formula is C38H73NO6. The fourth-order valence-corrected chi connectivity index (χ4v) is 5.69. The summed E-state index contributed by atoms with van der Waals surface area (Å²) in [6, 6.07) is 0. The molecule has 0 atom stereocenters. The standard InChI is InChI=1S/C38H73NO6/c1-3-5-7-9-11-13-15-17-19-21-23-25-34-44-37(42)29-32-39(31-27-28-36(40)41)33-30-38(43)45-35-26-24-22-20-18-16-14-12-10-8-6-4-2/h3-35H2,1-2H3,(H,40,41). The van der Waals surface area contributed by atoms with Crippen molar-refractivity contribution < 1.29 is 29.0 Å². The van der Waals surface area contributed by atoms with Crippen LogP contribution < -0.4 is 0 Å². The number of carboxylic acid groups (broad SMARTS) is 1. The van der Waals surface area contributed by atoms with Crippen LogP contribution in [-0.4, -0.2) is 60.8 Å². The topological polar surface area (TPSA) is 93.1 Å². The number of ether oxygens (including phenoxy) is 2. The van der Waals surface area contributed by atoms with Crippen LogP contribution in [0.1, 0.15) is 194 Å². The normalized spacial score (nSPS) is 11.3. The molecule has 266 valence electrons.